The summed E-state index contributed by atoms with van der Waals surface area (Å²) in [5.41, 5.74) is 3.97. The normalized spacial score (nSPS) is 11.0. The van der Waals surface area contributed by atoms with Gasteiger partial charge in [0.05, 0.1) is 11.6 Å². The van der Waals surface area contributed by atoms with E-state index in [9.17, 15) is 0 Å². The summed E-state index contributed by atoms with van der Waals surface area (Å²) in [6.45, 7) is 8.99. The third-order valence-corrected chi connectivity index (χ3v) is 3.47. The van der Waals surface area contributed by atoms with Gasteiger partial charge in [0.2, 0.25) is 0 Å². The van der Waals surface area contributed by atoms with Crippen LogP contribution in [0.5, 0.6) is 5.75 Å². The Morgan fingerprint density at radius 3 is 2.48 bits per heavy atom. The van der Waals surface area contributed by atoms with Crippen molar-refractivity contribution in [1.29, 1.82) is 5.26 Å². The summed E-state index contributed by atoms with van der Waals surface area (Å²) >= 11 is 0. The first kappa shape index (κ1) is 15.1. The Labute approximate surface area is 127 Å². The fraction of sp³-hybridized carbons (Fsp3) is 0.316. The molecule has 2 rings (SSSR count). The summed E-state index contributed by atoms with van der Waals surface area (Å²) in [4.78, 5) is 0. The van der Waals surface area contributed by atoms with Crippen LogP contribution in [0.25, 0.3) is 0 Å². The van der Waals surface area contributed by atoms with Gasteiger partial charge in [0.15, 0.2) is 0 Å². The molecule has 0 saturated heterocycles. The van der Waals surface area contributed by atoms with Gasteiger partial charge in [-0.25, -0.2) is 0 Å². The van der Waals surface area contributed by atoms with Gasteiger partial charge in [-0.1, -0.05) is 51.1 Å². The van der Waals surface area contributed by atoms with E-state index in [0.717, 1.165) is 11.3 Å². The first-order valence-electron chi connectivity index (χ1n) is 7.14. The van der Waals surface area contributed by atoms with Gasteiger partial charge < -0.3 is 4.74 Å². The van der Waals surface area contributed by atoms with Crippen molar-refractivity contribution >= 4 is 0 Å². The van der Waals surface area contributed by atoms with Crippen LogP contribution in [0, 0.1) is 18.3 Å². The predicted molar refractivity (Wildman–Crippen MR) is 85.4 cm³/mol. The van der Waals surface area contributed by atoms with Crippen LogP contribution in [0.1, 0.15) is 43.0 Å². The maximum atomic E-state index is 9.14. The molecule has 0 amide bonds. The van der Waals surface area contributed by atoms with Gasteiger partial charge in [0.25, 0.3) is 0 Å². The molecule has 2 nitrogen and oxygen atoms in total. The number of aryl methyl sites for hydroxylation is 1. The van der Waals surface area contributed by atoms with E-state index in [4.69, 9.17) is 10.00 Å². The third-order valence-electron chi connectivity index (χ3n) is 3.47. The van der Waals surface area contributed by atoms with Crippen molar-refractivity contribution in [3.05, 3.63) is 64.7 Å². The van der Waals surface area contributed by atoms with Crippen LogP contribution in [0.4, 0.5) is 0 Å². The Morgan fingerprint density at radius 2 is 1.81 bits per heavy atom. The lowest BCUT2D eigenvalue weighted by atomic mass is 9.86. The van der Waals surface area contributed by atoms with Crippen LogP contribution in [0.15, 0.2) is 42.5 Å². The molecule has 2 aromatic rings. The molecule has 0 bridgehead atoms. The Balaban J connectivity index is 2.28. The van der Waals surface area contributed by atoms with E-state index in [-0.39, 0.29) is 5.41 Å². The lowest BCUT2D eigenvalue weighted by molar-refractivity contribution is 0.297. The van der Waals surface area contributed by atoms with E-state index >= 15 is 0 Å². The predicted octanol–water partition coefficient (Wildman–Crippen LogP) is 4.74. The molecule has 0 aromatic heterocycles. The van der Waals surface area contributed by atoms with Crippen LogP contribution in [0.3, 0.4) is 0 Å². The standard InChI is InChI=1S/C19H21NO/c1-14-9-10-17(19(2,3)4)18(11-14)21-13-16-8-6-5-7-15(16)12-20/h5-11H,13H2,1-4H3. The molecule has 0 heterocycles. The number of hydrogen-bond acceptors (Lipinski definition) is 2. The average molecular weight is 279 g/mol. The van der Waals surface area contributed by atoms with E-state index in [1.165, 1.54) is 11.1 Å². The maximum Gasteiger partial charge on any atom is 0.123 e. The third kappa shape index (κ3) is 3.64. The zero-order valence-corrected chi connectivity index (χ0v) is 13.1. The molecule has 0 fully saturated rings. The molecule has 2 aromatic carbocycles. The molecule has 0 unspecified atom stereocenters. The molecule has 0 aliphatic rings. The molecule has 0 radical (unpaired) electrons. The number of benzene rings is 2. The van der Waals surface area contributed by atoms with E-state index in [1.807, 2.05) is 24.3 Å². The van der Waals surface area contributed by atoms with Gasteiger partial charge in [-0.05, 0) is 35.6 Å². The summed E-state index contributed by atoms with van der Waals surface area (Å²) in [6.07, 6.45) is 0. The van der Waals surface area contributed by atoms with E-state index in [0.29, 0.717) is 12.2 Å². The monoisotopic (exact) mass is 279 g/mol. The van der Waals surface area contributed by atoms with E-state index < -0.39 is 0 Å². The second kappa shape index (κ2) is 6.01. The highest BCUT2D eigenvalue weighted by Gasteiger charge is 2.19. The fourth-order valence-corrected chi connectivity index (χ4v) is 2.28. The smallest absolute Gasteiger partial charge is 0.123 e. The minimum atomic E-state index is 0.0256. The Morgan fingerprint density at radius 1 is 1.10 bits per heavy atom. The molecule has 0 saturated carbocycles. The van der Waals surface area contributed by atoms with Gasteiger partial charge in [-0.2, -0.15) is 5.26 Å². The highest BCUT2D eigenvalue weighted by atomic mass is 16.5. The SMILES string of the molecule is Cc1ccc(C(C)(C)C)c(OCc2ccccc2C#N)c1. The highest BCUT2D eigenvalue weighted by Crippen LogP contribution is 2.32. The van der Waals surface area contributed by atoms with Gasteiger partial charge in [0.1, 0.15) is 12.4 Å². The second-order valence-electron chi connectivity index (χ2n) is 6.31. The summed E-state index contributed by atoms with van der Waals surface area (Å²) in [6, 6.07) is 16.1. The first-order valence-corrected chi connectivity index (χ1v) is 7.14. The van der Waals surface area contributed by atoms with Crippen molar-refractivity contribution in [3.63, 3.8) is 0 Å². The van der Waals surface area contributed by atoms with Gasteiger partial charge in [-0.15, -0.1) is 0 Å². The van der Waals surface area contributed by atoms with Crippen LogP contribution < -0.4 is 4.74 Å². The lowest BCUT2D eigenvalue weighted by Gasteiger charge is -2.23. The Hall–Kier alpha value is -2.27. The van der Waals surface area contributed by atoms with Crippen molar-refractivity contribution in [3.8, 4) is 11.8 Å². The average Bonchev–Trinajstić information content (AvgIpc) is 2.44. The summed E-state index contributed by atoms with van der Waals surface area (Å²) in [5, 5.41) is 9.14. The van der Waals surface area contributed by atoms with Crippen molar-refractivity contribution in [2.24, 2.45) is 0 Å². The number of ether oxygens (including phenoxy) is 1. The molecule has 0 atom stereocenters. The molecule has 2 heteroatoms. The quantitative estimate of drug-likeness (QED) is 0.812. The van der Waals surface area contributed by atoms with Gasteiger partial charge in [-0.3, -0.25) is 0 Å². The second-order valence-corrected chi connectivity index (χ2v) is 6.31. The maximum absolute atomic E-state index is 9.14. The summed E-state index contributed by atoms with van der Waals surface area (Å²) < 4.78 is 6.02. The topological polar surface area (TPSA) is 33.0 Å². The van der Waals surface area contributed by atoms with Gasteiger partial charge in [0, 0.05) is 5.56 Å². The van der Waals surface area contributed by atoms with Gasteiger partial charge >= 0.3 is 0 Å². The molecule has 0 N–H and O–H groups in total. The van der Waals surface area contributed by atoms with Crippen molar-refractivity contribution < 1.29 is 4.74 Å². The number of hydrogen-bond donors (Lipinski definition) is 0. The van der Waals surface area contributed by atoms with Crippen LogP contribution in [-0.4, -0.2) is 0 Å². The van der Waals surface area contributed by atoms with Crippen molar-refractivity contribution in [2.45, 2.75) is 39.7 Å². The Kier molecular flexibility index (Phi) is 4.33. The molecule has 0 aliphatic heterocycles. The van der Waals surface area contributed by atoms with Crippen molar-refractivity contribution in [1.82, 2.24) is 0 Å². The zero-order valence-electron chi connectivity index (χ0n) is 13.1. The van der Waals surface area contributed by atoms with Crippen LogP contribution in [-0.2, 0) is 12.0 Å². The summed E-state index contributed by atoms with van der Waals surface area (Å²) in [5.74, 6) is 0.898. The lowest BCUT2D eigenvalue weighted by Crippen LogP contribution is -2.13. The molecular formula is C19H21NO. The molecule has 21 heavy (non-hydrogen) atoms. The van der Waals surface area contributed by atoms with Crippen molar-refractivity contribution in [2.75, 3.05) is 0 Å². The zero-order chi connectivity index (χ0) is 15.5. The number of rotatable bonds is 3. The number of nitrogens with zero attached hydrogens (tertiary/aromatic N) is 1. The first-order chi connectivity index (χ1) is 9.91. The van der Waals surface area contributed by atoms with E-state index in [2.05, 4.69) is 52.0 Å². The molecule has 108 valence electrons. The number of nitriles is 1. The van der Waals surface area contributed by atoms with Crippen LogP contribution >= 0.6 is 0 Å². The largest absolute Gasteiger partial charge is 0.489 e. The molecular weight excluding hydrogens is 258 g/mol. The fourth-order valence-electron chi connectivity index (χ4n) is 2.28. The summed E-state index contributed by atoms with van der Waals surface area (Å²) in [7, 11) is 0. The van der Waals surface area contributed by atoms with E-state index in [1.54, 1.807) is 0 Å². The Bertz CT molecular complexity index is 675. The minimum absolute atomic E-state index is 0.0256. The molecule has 0 spiro atoms. The van der Waals surface area contributed by atoms with Crippen LogP contribution in [0.2, 0.25) is 0 Å². The molecule has 0 aliphatic carbocycles. The highest BCUT2D eigenvalue weighted by molar-refractivity contribution is 5.42. The minimum Gasteiger partial charge on any atom is -0.489 e.